The van der Waals surface area contributed by atoms with Crippen LogP contribution in [0.4, 0.5) is 0 Å². The van der Waals surface area contributed by atoms with E-state index in [0.717, 1.165) is 47.2 Å². The predicted molar refractivity (Wildman–Crippen MR) is 97.7 cm³/mol. The average molecular weight is 332 g/mol. The second kappa shape index (κ2) is 6.30. The van der Waals surface area contributed by atoms with Crippen LogP contribution in [0.25, 0.3) is 10.9 Å². The molecule has 0 spiro atoms. The Hall–Kier alpha value is -2.72. The van der Waals surface area contributed by atoms with E-state index in [4.69, 9.17) is 4.98 Å². The zero-order valence-corrected chi connectivity index (χ0v) is 14.2. The fraction of sp³-hybridized carbons (Fsp3) is 0.238. The minimum Gasteiger partial charge on any atom is -0.478 e. The lowest BCUT2D eigenvalue weighted by molar-refractivity contribution is 0.0695. The number of benzene rings is 2. The van der Waals surface area contributed by atoms with E-state index < -0.39 is 5.97 Å². The van der Waals surface area contributed by atoms with Crippen LogP contribution in [0.5, 0.6) is 0 Å². The van der Waals surface area contributed by atoms with Gasteiger partial charge < -0.3 is 5.11 Å². The van der Waals surface area contributed by atoms with Crippen molar-refractivity contribution in [2.45, 2.75) is 26.4 Å². The van der Waals surface area contributed by atoms with Gasteiger partial charge in [-0.15, -0.1) is 0 Å². The van der Waals surface area contributed by atoms with Gasteiger partial charge in [0, 0.05) is 42.7 Å². The first kappa shape index (κ1) is 15.8. The number of hydrogen-bond acceptors (Lipinski definition) is 3. The molecule has 0 bridgehead atoms. The van der Waals surface area contributed by atoms with Crippen molar-refractivity contribution in [3.63, 3.8) is 0 Å². The lowest BCUT2D eigenvalue weighted by Gasteiger charge is -2.29. The standard InChI is InChI=1S/C21H20N2O2/c1-14-6-5-9-16-19(21(24)25)17-13-23(11-10-18(17)22-20(14)16)12-15-7-3-2-4-8-15/h2-9H,10-13H2,1H3,(H,24,25). The van der Waals surface area contributed by atoms with E-state index in [1.807, 2.05) is 43.3 Å². The van der Waals surface area contributed by atoms with Crippen LogP contribution in [0.1, 0.15) is 32.7 Å². The molecule has 4 nitrogen and oxygen atoms in total. The monoisotopic (exact) mass is 332 g/mol. The van der Waals surface area contributed by atoms with Crippen LogP contribution < -0.4 is 0 Å². The molecule has 0 saturated heterocycles. The molecule has 0 saturated carbocycles. The zero-order chi connectivity index (χ0) is 17.4. The molecule has 0 fully saturated rings. The van der Waals surface area contributed by atoms with Crippen LogP contribution in [-0.2, 0) is 19.5 Å². The minimum absolute atomic E-state index is 0.418. The quantitative estimate of drug-likeness (QED) is 0.792. The van der Waals surface area contributed by atoms with E-state index in [9.17, 15) is 9.90 Å². The summed E-state index contributed by atoms with van der Waals surface area (Å²) in [5, 5.41) is 10.6. The molecular weight excluding hydrogens is 312 g/mol. The molecule has 1 aromatic heterocycles. The zero-order valence-electron chi connectivity index (χ0n) is 14.2. The summed E-state index contributed by atoms with van der Waals surface area (Å²) in [6.45, 7) is 4.33. The van der Waals surface area contributed by atoms with Crippen molar-refractivity contribution in [1.29, 1.82) is 0 Å². The summed E-state index contributed by atoms with van der Waals surface area (Å²) in [5.74, 6) is -0.865. The number of fused-ring (bicyclic) bond motifs is 2. The van der Waals surface area contributed by atoms with Crippen molar-refractivity contribution in [3.05, 3.63) is 76.5 Å². The Morgan fingerprint density at radius 3 is 2.72 bits per heavy atom. The number of hydrogen-bond donors (Lipinski definition) is 1. The third-order valence-electron chi connectivity index (χ3n) is 4.91. The van der Waals surface area contributed by atoms with E-state index in [0.29, 0.717) is 12.1 Å². The molecule has 0 unspecified atom stereocenters. The number of carboxylic acids is 1. The van der Waals surface area contributed by atoms with Crippen LogP contribution >= 0.6 is 0 Å². The smallest absolute Gasteiger partial charge is 0.336 e. The van der Waals surface area contributed by atoms with Crippen molar-refractivity contribution < 1.29 is 9.90 Å². The molecule has 1 aliphatic rings. The number of aromatic carboxylic acids is 1. The highest BCUT2D eigenvalue weighted by Gasteiger charge is 2.26. The highest BCUT2D eigenvalue weighted by atomic mass is 16.4. The van der Waals surface area contributed by atoms with Crippen molar-refractivity contribution in [2.24, 2.45) is 0 Å². The van der Waals surface area contributed by atoms with Gasteiger partial charge >= 0.3 is 5.97 Å². The first-order chi connectivity index (χ1) is 12.1. The van der Waals surface area contributed by atoms with Gasteiger partial charge in [-0.2, -0.15) is 0 Å². The number of rotatable bonds is 3. The summed E-state index contributed by atoms with van der Waals surface area (Å²) < 4.78 is 0. The van der Waals surface area contributed by atoms with Gasteiger partial charge in [0.1, 0.15) is 0 Å². The van der Waals surface area contributed by atoms with E-state index in [-0.39, 0.29) is 0 Å². The topological polar surface area (TPSA) is 53.4 Å². The maximum Gasteiger partial charge on any atom is 0.336 e. The maximum atomic E-state index is 12.0. The Morgan fingerprint density at radius 2 is 1.96 bits per heavy atom. The fourth-order valence-electron chi connectivity index (χ4n) is 3.68. The lowest BCUT2D eigenvalue weighted by Crippen LogP contribution is -2.32. The molecule has 4 rings (SSSR count). The normalized spacial score (nSPS) is 14.4. The number of para-hydroxylation sites is 1. The summed E-state index contributed by atoms with van der Waals surface area (Å²) in [5.41, 5.74) is 5.30. The molecule has 0 radical (unpaired) electrons. The summed E-state index contributed by atoms with van der Waals surface area (Å²) in [4.78, 5) is 19.1. The number of aryl methyl sites for hydroxylation is 1. The summed E-state index contributed by atoms with van der Waals surface area (Å²) >= 11 is 0. The highest BCUT2D eigenvalue weighted by molar-refractivity contribution is 6.04. The molecule has 2 heterocycles. The first-order valence-corrected chi connectivity index (χ1v) is 8.54. The molecule has 1 aliphatic heterocycles. The van der Waals surface area contributed by atoms with E-state index in [1.165, 1.54) is 5.56 Å². The third kappa shape index (κ3) is 2.89. The van der Waals surface area contributed by atoms with Gasteiger partial charge in [0.2, 0.25) is 0 Å². The Morgan fingerprint density at radius 1 is 1.16 bits per heavy atom. The molecule has 0 atom stereocenters. The summed E-state index contributed by atoms with van der Waals surface area (Å²) in [6, 6.07) is 16.1. The van der Waals surface area contributed by atoms with Gasteiger partial charge in [-0.3, -0.25) is 9.88 Å². The van der Waals surface area contributed by atoms with Crippen LogP contribution in [0.3, 0.4) is 0 Å². The second-order valence-corrected chi connectivity index (χ2v) is 6.63. The SMILES string of the molecule is Cc1cccc2c(C(=O)O)c3c(nc12)CCN(Cc1ccccc1)C3. The number of carboxylic acid groups (broad SMARTS) is 1. The van der Waals surface area contributed by atoms with Gasteiger partial charge in [-0.05, 0) is 18.1 Å². The molecular formula is C21H20N2O2. The second-order valence-electron chi connectivity index (χ2n) is 6.63. The number of aromatic nitrogens is 1. The van der Waals surface area contributed by atoms with Gasteiger partial charge in [0.05, 0.1) is 11.1 Å². The molecule has 0 aliphatic carbocycles. The van der Waals surface area contributed by atoms with E-state index in [2.05, 4.69) is 17.0 Å². The highest BCUT2D eigenvalue weighted by Crippen LogP contribution is 2.30. The Bertz CT molecular complexity index is 951. The van der Waals surface area contributed by atoms with E-state index >= 15 is 0 Å². The summed E-state index contributed by atoms with van der Waals surface area (Å²) in [6.07, 6.45) is 0.784. The van der Waals surface area contributed by atoms with Crippen molar-refractivity contribution >= 4 is 16.9 Å². The summed E-state index contributed by atoms with van der Waals surface area (Å²) in [7, 11) is 0. The Kier molecular flexibility index (Phi) is 3.98. The number of nitrogens with zero attached hydrogens (tertiary/aromatic N) is 2. The van der Waals surface area contributed by atoms with E-state index in [1.54, 1.807) is 0 Å². The van der Waals surface area contributed by atoms with Gasteiger partial charge in [-0.1, -0.05) is 48.5 Å². The van der Waals surface area contributed by atoms with Crippen LogP contribution in [-0.4, -0.2) is 27.5 Å². The van der Waals surface area contributed by atoms with Crippen molar-refractivity contribution in [1.82, 2.24) is 9.88 Å². The predicted octanol–water partition coefficient (Wildman–Crippen LogP) is 3.80. The largest absolute Gasteiger partial charge is 0.478 e. The molecule has 1 N–H and O–H groups in total. The maximum absolute atomic E-state index is 12.0. The molecule has 25 heavy (non-hydrogen) atoms. The molecule has 2 aromatic carbocycles. The van der Waals surface area contributed by atoms with Gasteiger partial charge in [0.15, 0.2) is 0 Å². The molecule has 126 valence electrons. The molecule has 0 amide bonds. The molecule has 4 heteroatoms. The van der Waals surface area contributed by atoms with Crippen LogP contribution in [0.2, 0.25) is 0 Å². The Labute approximate surface area is 146 Å². The fourth-order valence-corrected chi connectivity index (χ4v) is 3.68. The third-order valence-corrected chi connectivity index (χ3v) is 4.91. The minimum atomic E-state index is -0.865. The average Bonchev–Trinajstić information content (AvgIpc) is 2.61. The van der Waals surface area contributed by atoms with Crippen LogP contribution in [0, 0.1) is 6.92 Å². The van der Waals surface area contributed by atoms with Gasteiger partial charge in [-0.25, -0.2) is 4.79 Å². The first-order valence-electron chi connectivity index (χ1n) is 8.54. The van der Waals surface area contributed by atoms with Crippen molar-refractivity contribution in [3.8, 4) is 0 Å². The van der Waals surface area contributed by atoms with Crippen LogP contribution in [0.15, 0.2) is 48.5 Å². The van der Waals surface area contributed by atoms with Gasteiger partial charge in [0.25, 0.3) is 0 Å². The number of pyridine rings is 1. The van der Waals surface area contributed by atoms with Crippen molar-refractivity contribution in [2.75, 3.05) is 6.54 Å². The number of carbonyl (C=O) groups is 1. The lowest BCUT2D eigenvalue weighted by atomic mass is 9.94. The molecule has 3 aromatic rings. The Balaban J connectivity index is 1.77.